The zero-order valence-electron chi connectivity index (χ0n) is 16.4. The van der Waals surface area contributed by atoms with Crippen LogP contribution in [0, 0.1) is 5.41 Å². The molecule has 0 atom stereocenters. The van der Waals surface area contributed by atoms with Gasteiger partial charge in [-0.05, 0) is 37.1 Å². The first-order valence-electron chi connectivity index (χ1n) is 9.37. The summed E-state index contributed by atoms with van der Waals surface area (Å²) in [6, 6.07) is 9.48. The van der Waals surface area contributed by atoms with Gasteiger partial charge >= 0.3 is 0 Å². The Morgan fingerprint density at radius 3 is 2.74 bits per heavy atom. The van der Waals surface area contributed by atoms with Crippen LogP contribution < -0.4 is 9.46 Å². The number of carbonyl (C=O) groups is 1. The molecule has 1 aromatic carbocycles. The number of phenolic OH excluding ortho intramolecular Hbond substituents is 1. The highest BCUT2D eigenvalue weighted by atomic mass is 35.5. The molecule has 0 radical (unpaired) electrons. The summed E-state index contributed by atoms with van der Waals surface area (Å²) in [7, 11) is -4.20. The van der Waals surface area contributed by atoms with Crippen LogP contribution in [0.1, 0.15) is 30.1 Å². The molecule has 0 unspecified atom stereocenters. The Labute approximate surface area is 183 Å². The Kier molecular flexibility index (Phi) is 5.36. The maximum Gasteiger partial charge on any atom is 0.268 e. The van der Waals surface area contributed by atoms with E-state index in [9.17, 15) is 18.3 Å². The van der Waals surface area contributed by atoms with E-state index in [0.29, 0.717) is 18.3 Å². The Hall–Kier alpha value is -3.11. The van der Waals surface area contributed by atoms with E-state index in [1.807, 2.05) is 4.72 Å². The Balaban J connectivity index is 1.48. The predicted octanol–water partition coefficient (Wildman–Crippen LogP) is 2.92. The average Bonchev–Trinajstić information content (AvgIpc) is 3.26. The summed E-state index contributed by atoms with van der Waals surface area (Å²) in [5.41, 5.74) is 0.0959. The van der Waals surface area contributed by atoms with Crippen molar-refractivity contribution in [2.75, 3.05) is 6.61 Å². The number of hydrogen-bond donors (Lipinski definition) is 2. The van der Waals surface area contributed by atoms with Gasteiger partial charge in [0, 0.05) is 23.7 Å². The summed E-state index contributed by atoms with van der Waals surface area (Å²) >= 11 is 6.13. The van der Waals surface area contributed by atoms with Gasteiger partial charge in [0.15, 0.2) is 5.82 Å². The van der Waals surface area contributed by atoms with Crippen molar-refractivity contribution in [2.24, 2.45) is 5.41 Å². The topological polar surface area (TPSA) is 123 Å². The molecule has 9 nitrogen and oxygen atoms in total. The molecule has 0 saturated heterocycles. The number of sulfonamides is 1. The summed E-state index contributed by atoms with van der Waals surface area (Å²) in [6.45, 7) is 2.74. The first-order chi connectivity index (χ1) is 14.7. The second kappa shape index (κ2) is 7.86. The zero-order chi connectivity index (χ0) is 22.2. The first kappa shape index (κ1) is 21.1. The van der Waals surface area contributed by atoms with E-state index in [1.165, 1.54) is 35.0 Å². The highest BCUT2D eigenvalue weighted by molar-refractivity contribution is 7.90. The Morgan fingerprint density at radius 1 is 1.29 bits per heavy atom. The molecule has 0 bridgehead atoms. The minimum Gasteiger partial charge on any atom is -0.508 e. The van der Waals surface area contributed by atoms with E-state index in [4.69, 9.17) is 16.3 Å². The third-order valence-electron chi connectivity index (χ3n) is 4.91. The lowest BCUT2D eigenvalue weighted by Crippen LogP contribution is -2.31. The lowest BCUT2D eigenvalue weighted by atomic mass is 10.2. The van der Waals surface area contributed by atoms with Gasteiger partial charge in [-0.1, -0.05) is 24.6 Å². The number of aromatic hydroxyl groups is 1. The van der Waals surface area contributed by atoms with E-state index in [-0.39, 0.29) is 26.8 Å². The number of carbonyl (C=O) groups excluding carboxylic acids is 1. The minimum absolute atomic E-state index is 0.126. The van der Waals surface area contributed by atoms with Crippen molar-refractivity contribution in [3.8, 4) is 17.4 Å². The predicted molar refractivity (Wildman–Crippen MR) is 112 cm³/mol. The van der Waals surface area contributed by atoms with Crippen LogP contribution in [0.15, 0.2) is 53.6 Å². The number of nitrogens with zero attached hydrogens (tertiary/aromatic N) is 3. The molecule has 3 aromatic rings. The number of pyridine rings is 1. The number of aromatic nitrogens is 3. The number of benzene rings is 1. The zero-order valence-corrected chi connectivity index (χ0v) is 18.0. The molecule has 1 amide bonds. The highest BCUT2D eigenvalue weighted by Gasteiger charge is 2.38. The van der Waals surface area contributed by atoms with Gasteiger partial charge in [0.25, 0.3) is 15.9 Å². The lowest BCUT2D eigenvalue weighted by molar-refractivity contribution is 0.0981. The second-order valence-electron chi connectivity index (χ2n) is 7.64. The fourth-order valence-corrected chi connectivity index (χ4v) is 3.97. The highest BCUT2D eigenvalue weighted by Crippen LogP contribution is 2.44. The largest absolute Gasteiger partial charge is 0.508 e. The molecule has 2 heterocycles. The molecule has 162 valence electrons. The maximum absolute atomic E-state index is 12.5. The van der Waals surface area contributed by atoms with Crippen molar-refractivity contribution >= 4 is 27.5 Å². The Bertz CT molecular complexity index is 1250. The van der Waals surface area contributed by atoms with Gasteiger partial charge < -0.3 is 9.84 Å². The van der Waals surface area contributed by atoms with Crippen molar-refractivity contribution in [1.29, 1.82) is 0 Å². The fraction of sp³-hybridized carbons (Fsp3) is 0.250. The first-order valence-corrected chi connectivity index (χ1v) is 11.2. The molecule has 4 rings (SSSR count). The van der Waals surface area contributed by atoms with Crippen molar-refractivity contribution in [3.05, 3.63) is 59.4 Å². The van der Waals surface area contributed by atoms with Crippen LogP contribution in [0.5, 0.6) is 11.6 Å². The molecular weight excluding hydrogens is 444 g/mol. The SMILES string of the molecule is CC1(COc2ccn(-c3ccc(C(=O)NS(=O)(=O)c4cccc(O)c4)c(Cl)n3)n2)CC1. The number of phenols is 1. The van der Waals surface area contributed by atoms with Gasteiger partial charge in [-0.2, -0.15) is 0 Å². The van der Waals surface area contributed by atoms with Gasteiger partial charge in [-0.25, -0.2) is 22.8 Å². The van der Waals surface area contributed by atoms with Crippen molar-refractivity contribution < 1.29 is 23.1 Å². The van der Waals surface area contributed by atoms with Gasteiger partial charge in [-0.15, -0.1) is 5.10 Å². The maximum atomic E-state index is 12.5. The van der Waals surface area contributed by atoms with Gasteiger partial charge in [-0.3, -0.25) is 4.79 Å². The van der Waals surface area contributed by atoms with Crippen molar-refractivity contribution in [1.82, 2.24) is 19.5 Å². The van der Waals surface area contributed by atoms with Crippen LogP contribution >= 0.6 is 11.6 Å². The molecule has 2 aromatic heterocycles. The number of amides is 1. The molecule has 11 heteroatoms. The standard InChI is InChI=1S/C20H19ClN4O5S/c1-20(8-9-20)12-30-17-7-10-25(23-17)16-6-5-15(18(21)22-16)19(27)24-31(28,29)14-4-2-3-13(26)11-14/h2-7,10-11,26H,8-9,12H2,1H3,(H,24,27). The molecule has 31 heavy (non-hydrogen) atoms. The van der Waals surface area contributed by atoms with Crippen LogP contribution in [-0.2, 0) is 10.0 Å². The van der Waals surface area contributed by atoms with Crippen LogP contribution in [0.2, 0.25) is 5.15 Å². The monoisotopic (exact) mass is 462 g/mol. The average molecular weight is 463 g/mol. The molecule has 1 fully saturated rings. The number of hydrogen-bond acceptors (Lipinski definition) is 7. The van der Waals surface area contributed by atoms with Crippen LogP contribution in [0.4, 0.5) is 0 Å². The quantitative estimate of drug-likeness (QED) is 0.517. The van der Waals surface area contributed by atoms with Crippen molar-refractivity contribution in [2.45, 2.75) is 24.7 Å². The van der Waals surface area contributed by atoms with E-state index in [0.717, 1.165) is 18.9 Å². The number of rotatable bonds is 7. The van der Waals surface area contributed by atoms with Crippen LogP contribution in [0.25, 0.3) is 5.82 Å². The van der Waals surface area contributed by atoms with E-state index >= 15 is 0 Å². The van der Waals surface area contributed by atoms with Gasteiger partial charge in [0.1, 0.15) is 10.9 Å². The molecule has 0 aliphatic heterocycles. The fourth-order valence-electron chi connectivity index (χ4n) is 2.73. The van der Waals surface area contributed by atoms with Crippen LogP contribution in [0.3, 0.4) is 0 Å². The van der Waals surface area contributed by atoms with E-state index < -0.39 is 15.9 Å². The Morgan fingerprint density at radius 2 is 2.06 bits per heavy atom. The molecule has 0 spiro atoms. The number of ether oxygens (including phenoxy) is 1. The summed E-state index contributed by atoms with van der Waals surface area (Å²) < 4.78 is 33.8. The molecular formula is C20H19ClN4O5S. The van der Waals surface area contributed by atoms with Crippen LogP contribution in [-0.4, -0.2) is 40.8 Å². The van der Waals surface area contributed by atoms with Crippen molar-refractivity contribution in [3.63, 3.8) is 0 Å². The summed E-state index contributed by atoms with van der Waals surface area (Å²) in [4.78, 5) is 16.3. The van der Waals surface area contributed by atoms with Gasteiger partial charge in [0.2, 0.25) is 5.88 Å². The molecule has 2 N–H and O–H groups in total. The van der Waals surface area contributed by atoms with Gasteiger partial charge in [0.05, 0.1) is 17.1 Å². The summed E-state index contributed by atoms with van der Waals surface area (Å²) in [5.74, 6) is -0.405. The van der Waals surface area contributed by atoms with E-state index in [1.54, 1.807) is 12.3 Å². The third kappa shape index (κ3) is 4.80. The summed E-state index contributed by atoms with van der Waals surface area (Å²) in [6.07, 6.45) is 3.92. The molecule has 1 aliphatic carbocycles. The third-order valence-corrected chi connectivity index (χ3v) is 6.52. The lowest BCUT2D eigenvalue weighted by Gasteiger charge is -2.09. The number of halogens is 1. The number of nitrogens with one attached hydrogen (secondary N) is 1. The second-order valence-corrected chi connectivity index (χ2v) is 9.68. The minimum atomic E-state index is -4.20. The normalized spacial score (nSPS) is 14.8. The smallest absolute Gasteiger partial charge is 0.268 e. The van der Waals surface area contributed by atoms with E-state index in [2.05, 4.69) is 17.0 Å². The molecule has 1 saturated carbocycles. The molecule has 1 aliphatic rings. The summed E-state index contributed by atoms with van der Waals surface area (Å²) in [5, 5.41) is 13.6.